The highest BCUT2D eigenvalue weighted by Crippen LogP contribution is 2.29. The van der Waals surface area contributed by atoms with E-state index in [1.165, 1.54) is 18.4 Å². The third-order valence-corrected chi connectivity index (χ3v) is 6.88. The molecule has 0 aliphatic heterocycles. The first-order chi connectivity index (χ1) is 15.5. The number of nitrogens with zero attached hydrogens (tertiary/aromatic N) is 4. The molecule has 0 unspecified atom stereocenters. The Morgan fingerprint density at radius 3 is 2.50 bits per heavy atom. The topological polar surface area (TPSA) is 60.7 Å². The van der Waals surface area contributed by atoms with Crippen LogP contribution in [0.25, 0.3) is 22.2 Å². The van der Waals surface area contributed by atoms with Gasteiger partial charge in [0.25, 0.3) is 5.56 Å². The predicted octanol–water partition coefficient (Wildman–Crippen LogP) is 5.48. The van der Waals surface area contributed by atoms with Crippen LogP contribution in [0.3, 0.4) is 0 Å². The molecule has 5 heteroatoms. The van der Waals surface area contributed by atoms with Crippen LogP contribution >= 0.6 is 0 Å². The maximum Gasteiger partial charge on any atom is 0.261 e. The first-order valence-electron chi connectivity index (χ1n) is 11.4. The van der Waals surface area contributed by atoms with Crippen LogP contribution in [0.15, 0.2) is 53.8 Å². The van der Waals surface area contributed by atoms with Crippen LogP contribution in [-0.2, 0) is 6.42 Å². The van der Waals surface area contributed by atoms with E-state index < -0.39 is 0 Å². The maximum absolute atomic E-state index is 13.3. The number of pyridine rings is 2. The summed E-state index contributed by atoms with van der Waals surface area (Å²) in [6, 6.07) is 10.5. The second kappa shape index (κ2) is 8.30. The van der Waals surface area contributed by atoms with Gasteiger partial charge in [0.2, 0.25) is 0 Å². The summed E-state index contributed by atoms with van der Waals surface area (Å²) in [5.74, 6) is 0. The summed E-state index contributed by atoms with van der Waals surface area (Å²) in [4.78, 5) is 26.9. The Labute approximate surface area is 188 Å². The Bertz CT molecular complexity index is 1350. The molecule has 3 aromatic heterocycles. The molecule has 4 aromatic rings. The molecule has 162 valence electrons. The number of fused-ring (bicyclic) bond motifs is 1. The molecule has 0 N–H and O–H groups in total. The first kappa shape index (κ1) is 20.6. The number of aromatic nitrogens is 4. The van der Waals surface area contributed by atoms with Gasteiger partial charge in [-0.3, -0.25) is 19.3 Å². The Hall–Kier alpha value is -3.34. The molecule has 1 aliphatic carbocycles. The summed E-state index contributed by atoms with van der Waals surface area (Å²) in [7, 11) is 0. The molecule has 5 nitrogen and oxygen atoms in total. The zero-order chi connectivity index (χ0) is 22.2. The fraction of sp³-hybridized carbons (Fsp3) is 0.333. The van der Waals surface area contributed by atoms with Crippen LogP contribution in [0.5, 0.6) is 0 Å². The van der Waals surface area contributed by atoms with Gasteiger partial charge in [-0.2, -0.15) is 0 Å². The van der Waals surface area contributed by atoms with Gasteiger partial charge in [-0.15, -0.1) is 0 Å². The first-order valence-corrected chi connectivity index (χ1v) is 11.4. The van der Waals surface area contributed by atoms with Crippen LogP contribution in [0.1, 0.15) is 59.7 Å². The molecule has 1 fully saturated rings. The van der Waals surface area contributed by atoms with Crippen molar-refractivity contribution in [2.75, 3.05) is 0 Å². The van der Waals surface area contributed by atoms with E-state index >= 15 is 0 Å². The second-order valence-corrected chi connectivity index (χ2v) is 8.99. The van der Waals surface area contributed by atoms with E-state index in [0.717, 1.165) is 63.8 Å². The highest BCUT2D eigenvalue weighted by atomic mass is 16.1. The van der Waals surface area contributed by atoms with Crippen molar-refractivity contribution in [1.29, 1.82) is 0 Å². The molecule has 0 radical (unpaired) electrons. The average molecular weight is 425 g/mol. The average Bonchev–Trinajstić information content (AvgIpc) is 3.33. The summed E-state index contributed by atoms with van der Waals surface area (Å²) in [6.07, 6.45) is 10.8. The van der Waals surface area contributed by atoms with Crippen molar-refractivity contribution >= 4 is 10.9 Å². The van der Waals surface area contributed by atoms with E-state index in [2.05, 4.69) is 42.0 Å². The van der Waals surface area contributed by atoms with Gasteiger partial charge < -0.3 is 0 Å². The van der Waals surface area contributed by atoms with Gasteiger partial charge >= 0.3 is 0 Å². The molecule has 0 bridgehead atoms. The molecular formula is C27H28N4O. The van der Waals surface area contributed by atoms with E-state index in [1.54, 1.807) is 6.33 Å². The summed E-state index contributed by atoms with van der Waals surface area (Å²) < 4.78 is 1.86. The van der Waals surface area contributed by atoms with Gasteiger partial charge in [-0.1, -0.05) is 18.9 Å². The summed E-state index contributed by atoms with van der Waals surface area (Å²) in [6.45, 7) is 6.18. The molecular weight excluding hydrogens is 396 g/mol. The fourth-order valence-electron chi connectivity index (χ4n) is 4.86. The van der Waals surface area contributed by atoms with Crippen molar-refractivity contribution in [3.63, 3.8) is 0 Å². The lowest BCUT2D eigenvalue weighted by Crippen LogP contribution is -2.24. The van der Waals surface area contributed by atoms with Crippen LogP contribution in [0, 0.1) is 20.8 Å². The van der Waals surface area contributed by atoms with Crippen LogP contribution < -0.4 is 5.56 Å². The Balaban J connectivity index is 1.50. The normalized spacial score (nSPS) is 14.3. The van der Waals surface area contributed by atoms with Crippen molar-refractivity contribution in [3.8, 4) is 11.3 Å². The molecule has 0 atom stereocenters. The zero-order valence-corrected chi connectivity index (χ0v) is 18.9. The number of benzene rings is 1. The molecule has 32 heavy (non-hydrogen) atoms. The minimum atomic E-state index is 0.0905. The van der Waals surface area contributed by atoms with Gasteiger partial charge in [-0.05, 0) is 86.6 Å². The Morgan fingerprint density at radius 2 is 1.78 bits per heavy atom. The van der Waals surface area contributed by atoms with E-state index in [-0.39, 0.29) is 11.6 Å². The molecule has 5 rings (SSSR count). The Morgan fingerprint density at radius 1 is 0.969 bits per heavy atom. The third-order valence-electron chi connectivity index (χ3n) is 6.88. The van der Waals surface area contributed by atoms with Gasteiger partial charge in [0.1, 0.15) is 0 Å². The van der Waals surface area contributed by atoms with Crippen LogP contribution in [0.2, 0.25) is 0 Å². The fourth-order valence-corrected chi connectivity index (χ4v) is 4.86. The van der Waals surface area contributed by atoms with Crippen molar-refractivity contribution in [3.05, 3.63) is 87.4 Å². The van der Waals surface area contributed by atoms with E-state index in [9.17, 15) is 4.79 Å². The smallest absolute Gasteiger partial charge is 0.261 e. The minimum Gasteiger partial charge on any atom is -0.296 e. The number of rotatable bonds is 4. The molecule has 0 saturated heterocycles. The monoisotopic (exact) mass is 424 g/mol. The van der Waals surface area contributed by atoms with E-state index in [0.29, 0.717) is 0 Å². The highest BCUT2D eigenvalue weighted by Gasteiger charge is 2.20. The van der Waals surface area contributed by atoms with Crippen molar-refractivity contribution in [2.24, 2.45) is 0 Å². The summed E-state index contributed by atoms with van der Waals surface area (Å²) in [5.41, 5.74) is 8.47. The van der Waals surface area contributed by atoms with Gasteiger partial charge in [0.15, 0.2) is 0 Å². The van der Waals surface area contributed by atoms with Gasteiger partial charge in [0, 0.05) is 29.7 Å². The highest BCUT2D eigenvalue weighted by molar-refractivity contribution is 5.83. The van der Waals surface area contributed by atoms with Crippen LogP contribution in [0.4, 0.5) is 0 Å². The largest absolute Gasteiger partial charge is 0.296 e. The number of aryl methyl sites for hydroxylation is 2. The van der Waals surface area contributed by atoms with Crippen molar-refractivity contribution < 1.29 is 0 Å². The molecule has 1 aromatic carbocycles. The SMILES string of the molecule is Cc1cc(-c2ccc(Cc3cc4c(=O)n(C5CCCC5)cnc4c(C)c3C)cn2)ccn1. The standard InChI is InChI=1S/C27H28N4O/c1-17-12-21(10-11-28-17)25-9-8-20(15-29-25)13-22-14-24-26(19(3)18(22)2)30-16-31(27(24)32)23-6-4-5-7-23/h8-12,14-16,23H,4-7,13H2,1-3H3. The van der Waals surface area contributed by atoms with Crippen molar-refractivity contribution in [2.45, 2.75) is 58.9 Å². The lowest BCUT2D eigenvalue weighted by atomic mass is 9.95. The van der Waals surface area contributed by atoms with Gasteiger partial charge in [0.05, 0.1) is 22.9 Å². The summed E-state index contributed by atoms with van der Waals surface area (Å²) >= 11 is 0. The lowest BCUT2D eigenvalue weighted by Gasteiger charge is -2.16. The quantitative estimate of drug-likeness (QED) is 0.435. The molecule has 1 saturated carbocycles. The van der Waals surface area contributed by atoms with Crippen molar-refractivity contribution in [1.82, 2.24) is 19.5 Å². The lowest BCUT2D eigenvalue weighted by molar-refractivity contribution is 0.499. The van der Waals surface area contributed by atoms with Gasteiger partial charge in [-0.25, -0.2) is 4.98 Å². The third kappa shape index (κ3) is 3.72. The van der Waals surface area contributed by atoms with E-state index in [4.69, 9.17) is 4.98 Å². The molecule has 0 spiro atoms. The second-order valence-electron chi connectivity index (χ2n) is 8.99. The van der Waals surface area contributed by atoms with Crippen LogP contribution in [-0.4, -0.2) is 19.5 Å². The zero-order valence-electron chi connectivity index (χ0n) is 18.9. The molecule has 3 heterocycles. The Kier molecular flexibility index (Phi) is 5.33. The molecule has 0 amide bonds. The number of hydrogen-bond acceptors (Lipinski definition) is 4. The maximum atomic E-state index is 13.3. The minimum absolute atomic E-state index is 0.0905. The van der Waals surface area contributed by atoms with E-state index in [1.807, 2.05) is 36.0 Å². The number of hydrogen-bond donors (Lipinski definition) is 0. The predicted molar refractivity (Wildman–Crippen MR) is 128 cm³/mol. The molecule has 1 aliphatic rings. The summed E-state index contributed by atoms with van der Waals surface area (Å²) in [5, 5.41) is 0.731.